The molecule has 0 bridgehead atoms. The Morgan fingerprint density at radius 2 is 1.00 bits per heavy atom. The van der Waals surface area contributed by atoms with Gasteiger partial charge in [0.15, 0.2) is 0 Å². The summed E-state index contributed by atoms with van der Waals surface area (Å²) < 4.78 is 27.0. The van der Waals surface area contributed by atoms with Crippen LogP contribution in [0.25, 0.3) is 0 Å². The average Bonchev–Trinajstić information content (AvgIpc) is 2.67. The lowest BCUT2D eigenvalue weighted by Gasteiger charge is -2.24. The Morgan fingerprint density at radius 1 is 0.600 bits per heavy atom. The van der Waals surface area contributed by atoms with Gasteiger partial charge in [-0.15, -0.1) is 0 Å². The smallest absolute Gasteiger partial charge is 0.396 e. The molecule has 0 atom stereocenters. The second-order valence-electron chi connectivity index (χ2n) is 5.11. The van der Waals surface area contributed by atoms with Gasteiger partial charge in [0.05, 0.1) is 6.23 Å². The van der Waals surface area contributed by atoms with Gasteiger partial charge in [0.1, 0.15) is 0 Å². The molecular weight excluding hydrogens is 417 g/mol. The zero-order valence-electron chi connectivity index (χ0n) is 16.1. The van der Waals surface area contributed by atoms with Crippen molar-refractivity contribution < 1.29 is 27.2 Å². The Kier molecular flexibility index (Phi) is 17.0. The highest BCUT2D eigenvalue weighted by Crippen LogP contribution is 2.19. The summed E-state index contributed by atoms with van der Waals surface area (Å²) in [5.74, 6) is 6.51. The summed E-state index contributed by atoms with van der Waals surface area (Å²) >= 11 is 5.80. The van der Waals surface area contributed by atoms with Gasteiger partial charge in [0.25, 0.3) is 0 Å². The third-order valence-corrected chi connectivity index (χ3v) is 13.8. The summed E-state index contributed by atoms with van der Waals surface area (Å²) in [5.41, 5.74) is 0. The zero-order valence-corrected chi connectivity index (χ0v) is 20.5. The minimum atomic E-state index is -2.40. The van der Waals surface area contributed by atoms with E-state index < -0.39 is 17.4 Å². The maximum Gasteiger partial charge on any atom is 0.500 e. The van der Waals surface area contributed by atoms with E-state index in [2.05, 4.69) is 0 Å². The van der Waals surface area contributed by atoms with Crippen LogP contribution in [-0.2, 0) is 22.1 Å². The molecule has 152 valence electrons. The molecule has 0 unspecified atom stereocenters. The molecule has 0 aliphatic heterocycles. The van der Waals surface area contributed by atoms with Crippen molar-refractivity contribution >= 4 is 52.7 Å². The molecule has 6 nitrogen and oxygen atoms in total. The molecule has 11 heteroatoms. The molecule has 0 aromatic carbocycles. The predicted molar refractivity (Wildman–Crippen MR) is 115 cm³/mol. The average molecular weight is 451 g/mol. The lowest BCUT2D eigenvalue weighted by atomic mass is 10.9. The molecule has 0 aliphatic rings. The number of aliphatic hydroxyl groups excluding tert-OH is 1. The number of hydrogen-bond donors (Lipinski definition) is 1. The minimum absolute atomic E-state index is 0.0197. The SMILES string of the molecule is CO[Si](CO)(CCSCCSCCSCC[Si](OC)(OC)OC)OC. The van der Waals surface area contributed by atoms with Gasteiger partial charge in [-0.2, -0.15) is 35.3 Å². The molecule has 0 radical (unpaired) electrons. The lowest BCUT2D eigenvalue weighted by Crippen LogP contribution is -2.45. The van der Waals surface area contributed by atoms with E-state index in [4.69, 9.17) is 22.1 Å². The third kappa shape index (κ3) is 11.0. The highest BCUT2D eigenvalue weighted by molar-refractivity contribution is 8.04. The van der Waals surface area contributed by atoms with E-state index in [-0.39, 0.29) is 6.23 Å². The maximum atomic E-state index is 9.39. The topological polar surface area (TPSA) is 66.4 Å². The quantitative estimate of drug-likeness (QED) is 0.250. The second-order valence-corrected chi connectivity index (χ2v) is 15.3. The van der Waals surface area contributed by atoms with Gasteiger partial charge in [-0.05, 0) is 11.5 Å². The molecule has 0 aromatic rings. The van der Waals surface area contributed by atoms with E-state index in [1.54, 1.807) is 35.5 Å². The molecule has 0 fully saturated rings. The van der Waals surface area contributed by atoms with Crippen molar-refractivity contribution in [3.05, 3.63) is 0 Å². The molecule has 0 spiro atoms. The number of hydrogen-bond acceptors (Lipinski definition) is 9. The molecule has 0 amide bonds. The normalized spacial score (nSPS) is 12.7. The summed E-state index contributed by atoms with van der Waals surface area (Å²) in [4.78, 5) is 0. The molecular formula is C14H34O6S3Si2. The summed E-state index contributed by atoms with van der Waals surface area (Å²) in [5, 5.41) is 9.39. The molecule has 0 saturated heterocycles. The first kappa shape index (κ1) is 26.2. The van der Waals surface area contributed by atoms with E-state index in [0.29, 0.717) is 0 Å². The Balaban J connectivity index is 3.54. The van der Waals surface area contributed by atoms with E-state index >= 15 is 0 Å². The zero-order chi connectivity index (χ0) is 19.0. The monoisotopic (exact) mass is 450 g/mol. The predicted octanol–water partition coefficient (Wildman–Crippen LogP) is 2.33. The first-order valence-corrected chi connectivity index (χ1v) is 15.8. The van der Waals surface area contributed by atoms with Crippen molar-refractivity contribution in [3.8, 4) is 0 Å². The molecule has 0 aliphatic carbocycles. The highest BCUT2D eigenvalue weighted by atomic mass is 32.2. The largest absolute Gasteiger partial charge is 0.500 e. The van der Waals surface area contributed by atoms with Crippen LogP contribution in [0.2, 0.25) is 12.1 Å². The number of thioether (sulfide) groups is 3. The van der Waals surface area contributed by atoms with Crippen LogP contribution in [0.3, 0.4) is 0 Å². The Hall–Kier alpha value is 1.24. The maximum absolute atomic E-state index is 9.39. The molecule has 25 heavy (non-hydrogen) atoms. The highest BCUT2D eigenvalue weighted by Gasteiger charge is 2.37. The van der Waals surface area contributed by atoms with E-state index in [0.717, 1.165) is 46.6 Å². The van der Waals surface area contributed by atoms with Crippen LogP contribution in [0.15, 0.2) is 0 Å². The van der Waals surface area contributed by atoms with Crippen LogP contribution in [0.5, 0.6) is 0 Å². The third-order valence-electron chi connectivity index (χ3n) is 3.84. The van der Waals surface area contributed by atoms with Gasteiger partial charge < -0.3 is 27.2 Å². The van der Waals surface area contributed by atoms with Crippen LogP contribution in [-0.4, -0.2) is 98.8 Å². The fourth-order valence-corrected chi connectivity index (χ4v) is 10.0. The van der Waals surface area contributed by atoms with Crippen LogP contribution in [0.4, 0.5) is 0 Å². The van der Waals surface area contributed by atoms with Gasteiger partial charge in [0, 0.05) is 70.6 Å². The van der Waals surface area contributed by atoms with Crippen molar-refractivity contribution in [2.24, 2.45) is 0 Å². The van der Waals surface area contributed by atoms with Gasteiger partial charge in [-0.25, -0.2) is 0 Å². The Labute approximate surface area is 168 Å². The molecule has 0 rings (SSSR count). The van der Waals surface area contributed by atoms with Crippen LogP contribution >= 0.6 is 35.3 Å². The van der Waals surface area contributed by atoms with Crippen molar-refractivity contribution in [3.63, 3.8) is 0 Å². The summed E-state index contributed by atoms with van der Waals surface area (Å²) in [6.45, 7) is 0. The van der Waals surface area contributed by atoms with Gasteiger partial charge in [-0.1, -0.05) is 0 Å². The fraction of sp³-hybridized carbons (Fsp3) is 1.00. The molecule has 0 saturated carbocycles. The van der Waals surface area contributed by atoms with Gasteiger partial charge >= 0.3 is 17.4 Å². The molecule has 0 heterocycles. The van der Waals surface area contributed by atoms with Crippen LogP contribution < -0.4 is 0 Å². The Bertz CT molecular complexity index is 266. The van der Waals surface area contributed by atoms with Crippen molar-refractivity contribution in [1.82, 2.24) is 0 Å². The minimum Gasteiger partial charge on any atom is -0.396 e. The van der Waals surface area contributed by atoms with Crippen LogP contribution in [0, 0.1) is 0 Å². The molecule has 0 aromatic heterocycles. The van der Waals surface area contributed by atoms with Crippen molar-refractivity contribution in [2.75, 3.05) is 76.3 Å². The summed E-state index contributed by atoms with van der Waals surface area (Å²) in [6.07, 6.45) is 0.0197. The van der Waals surface area contributed by atoms with E-state index in [1.165, 1.54) is 0 Å². The summed E-state index contributed by atoms with van der Waals surface area (Å²) in [6, 6.07) is 1.67. The van der Waals surface area contributed by atoms with Crippen molar-refractivity contribution in [2.45, 2.75) is 12.1 Å². The van der Waals surface area contributed by atoms with E-state index in [9.17, 15) is 5.11 Å². The number of rotatable bonds is 18. The van der Waals surface area contributed by atoms with Crippen LogP contribution in [0.1, 0.15) is 0 Å². The second kappa shape index (κ2) is 16.2. The van der Waals surface area contributed by atoms with E-state index in [1.807, 2.05) is 35.3 Å². The van der Waals surface area contributed by atoms with Gasteiger partial charge in [0.2, 0.25) is 0 Å². The van der Waals surface area contributed by atoms with Crippen molar-refractivity contribution in [1.29, 1.82) is 0 Å². The standard InChI is InChI=1S/C14H34O6S3Si2/c1-16-24(14-15,17-2)12-10-22-8-6-21-7-9-23-11-13-25(18-3,19-4)20-5/h15H,6-14H2,1-5H3. The first-order chi connectivity index (χ1) is 12.1. The number of aliphatic hydroxyl groups is 1. The van der Waals surface area contributed by atoms with Gasteiger partial charge in [-0.3, -0.25) is 0 Å². The first-order valence-electron chi connectivity index (χ1n) is 8.17. The Morgan fingerprint density at radius 3 is 1.36 bits per heavy atom. The lowest BCUT2D eigenvalue weighted by molar-refractivity contribution is 0.125. The molecule has 1 N–H and O–H groups in total. The fourth-order valence-electron chi connectivity index (χ4n) is 2.02. The summed E-state index contributed by atoms with van der Waals surface area (Å²) in [7, 11) is 3.49.